The number of hydrogen-bond acceptors (Lipinski definition) is 6. The molecular formula is C18H17N3O5S. The van der Waals surface area contributed by atoms with Crippen LogP contribution in [0.15, 0.2) is 65.2 Å². The first-order valence-corrected chi connectivity index (χ1v) is 9.26. The zero-order chi connectivity index (χ0) is 19.9. The van der Waals surface area contributed by atoms with E-state index in [0.29, 0.717) is 18.0 Å². The van der Waals surface area contributed by atoms with Crippen LogP contribution in [0.5, 0.6) is 5.75 Å². The monoisotopic (exact) mass is 387 g/mol. The quantitative estimate of drug-likeness (QED) is 0.378. The predicted octanol–water partition coefficient (Wildman–Crippen LogP) is 2.79. The lowest BCUT2D eigenvalue weighted by Gasteiger charge is -2.07. The van der Waals surface area contributed by atoms with Crippen molar-refractivity contribution in [3.63, 3.8) is 0 Å². The minimum atomic E-state index is -4.31. The van der Waals surface area contributed by atoms with E-state index >= 15 is 0 Å². The van der Waals surface area contributed by atoms with Crippen LogP contribution in [0.4, 0.5) is 11.4 Å². The Hall–Kier alpha value is -3.35. The number of benzene rings is 2. The highest BCUT2D eigenvalue weighted by Gasteiger charge is 2.12. The molecule has 0 fully saturated rings. The van der Waals surface area contributed by atoms with Gasteiger partial charge in [-0.05, 0) is 55.5 Å². The Balaban J connectivity index is 2.04. The Labute approximate surface area is 156 Å². The molecule has 1 amide bonds. The van der Waals surface area contributed by atoms with E-state index in [1.54, 1.807) is 30.3 Å². The zero-order valence-corrected chi connectivity index (χ0v) is 15.2. The molecule has 0 aliphatic carbocycles. The van der Waals surface area contributed by atoms with Crippen LogP contribution in [-0.2, 0) is 14.9 Å². The van der Waals surface area contributed by atoms with Crippen LogP contribution in [0.3, 0.4) is 0 Å². The summed E-state index contributed by atoms with van der Waals surface area (Å²) in [6, 6.07) is 13.6. The summed E-state index contributed by atoms with van der Waals surface area (Å²) in [7, 11) is -4.31. The van der Waals surface area contributed by atoms with Gasteiger partial charge in [0, 0.05) is 17.6 Å². The lowest BCUT2D eigenvalue weighted by Crippen LogP contribution is -2.14. The second-order valence-electron chi connectivity index (χ2n) is 5.23. The number of rotatable bonds is 7. The Morgan fingerprint density at radius 1 is 1.15 bits per heavy atom. The summed E-state index contributed by atoms with van der Waals surface area (Å²) in [5, 5.41) is 14.5. The van der Waals surface area contributed by atoms with Gasteiger partial charge < -0.3 is 15.4 Å². The summed E-state index contributed by atoms with van der Waals surface area (Å²) in [4.78, 5) is 11.9. The number of nitrogens with one attached hydrogen (secondary N) is 2. The van der Waals surface area contributed by atoms with Crippen molar-refractivity contribution >= 4 is 27.4 Å². The van der Waals surface area contributed by atoms with Gasteiger partial charge in [-0.2, -0.15) is 13.7 Å². The third-order valence-corrected chi connectivity index (χ3v) is 4.19. The number of hydrogen-bond donors (Lipinski definition) is 3. The van der Waals surface area contributed by atoms with E-state index in [-0.39, 0.29) is 16.2 Å². The van der Waals surface area contributed by atoms with Gasteiger partial charge in [-0.25, -0.2) is 0 Å². The van der Waals surface area contributed by atoms with E-state index in [9.17, 15) is 13.2 Å². The SMILES string of the molecule is CCOc1ccc(N/C=C(/C#N)C(=O)Nc2ccc(S(=O)(=O)O)cc2)cc1. The summed E-state index contributed by atoms with van der Waals surface area (Å²) in [5.74, 6) is 0.0363. The number of anilines is 2. The first kappa shape index (κ1) is 20.0. The van der Waals surface area contributed by atoms with Crippen molar-refractivity contribution < 1.29 is 22.5 Å². The first-order chi connectivity index (χ1) is 12.8. The maximum absolute atomic E-state index is 12.2. The van der Waals surface area contributed by atoms with E-state index in [1.165, 1.54) is 18.3 Å². The van der Waals surface area contributed by atoms with E-state index in [4.69, 9.17) is 14.6 Å². The van der Waals surface area contributed by atoms with Crippen molar-refractivity contribution in [2.75, 3.05) is 17.2 Å². The van der Waals surface area contributed by atoms with Crippen molar-refractivity contribution in [2.45, 2.75) is 11.8 Å². The highest BCUT2D eigenvalue weighted by Crippen LogP contribution is 2.17. The van der Waals surface area contributed by atoms with Crippen LogP contribution in [-0.4, -0.2) is 25.5 Å². The largest absolute Gasteiger partial charge is 0.494 e. The molecule has 0 bridgehead atoms. The molecule has 0 unspecified atom stereocenters. The van der Waals surface area contributed by atoms with Gasteiger partial charge in [0.25, 0.3) is 16.0 Å². The molecule has 0 saturated heterocycles. The molecule has 9 heteroatoms. The molecule has 0 aliphatic rings. The van der Waals surface area contributed by atoms with Gasteiger partial charge in [0.2, 0.25) is 0 Å². The van der Waals surface area contributed by atoms with E-state index < -0.39 is 16.0 Å². The van der Waals surface area contributed by atoms with E-state index in [0.717, 1.165) is 12.1 Å². The molecule has 2 rings (SSSR count). The van der Waals surface area contributed by atoms with Crippen LogP contribution in [0, 0.1) is 11.3 Å². The molecule has 2 aromatic carbocycles. The summed E-state index contributed by atoms with van der Waals surface area (Å²) in [6.07, 6.45) is 1.26. The fraction of sp³-hybridized carbons (Fsp3) is 0.111. The molecule has 140 valence electrons. The lowest BCUT2D eigenvalue weighted by atomic mass is 10.2. The molecule has 0 heterocycles. The minimum Gasteiger partial charge on any atom is -0.494 e. The van der Waals surface area contributed by atoms with Crippen molar-refractivity contribution in [1.82, 2.24) is 0 Å². The second kappa shape index (κ2) is 8.84. The fourth-order valence-electron chi connectivity index (χ4n) is 2.03. The Bertz CT molecular complexity index is 975. The average molecular weight is 387 g/mol. The zero-order valence-electron chi connectivity index (χ0n) is 14.3. The topological polar surface area (TPSA) is 129 Å². The van der Waals surface area contributed by atoms with E-state index in [2.05, 4.69) is 10.6 Å². The first-order valence-electron chi connectivity index (χ1n) is 7.82. The van der Waals surface area contributed by atoms with Crippen LogP contribution in [0.25, 0.3) is 0 Å². The van der Waals surface area contributed by atoms with Gasteiger partial charge in [-0.15, -0.1) is 0 Å². The fourth-order valence-corrected chi connectivity index (χ4v) is 2.51. The maximum atomic E-state index is 12.2. The van der Waals surface area contributed by atoms with Gasteiger partial charge in [0.05, 0.1) is 11.5 Å². The molecule has 2 aromatic rings. The van der Waals surface area contributed by atoms with Crippen molar-refractivity contribution in [3.05, 3.63) is 60.3 Å². The normalized spacial score (nSPS) is 11.4. The number of ether oxygens (including phenoxy) is 1. The standard InChI is InChI=1S/C18H17N3O5S/c1-2-26-16-7-3-14(4-8-16)20-12-13(11-19)18(22)21-15-5-9-17(10-6-15)27(23,24)25/h3-10,12,20H,2H2,1H3,(H,21,22)(H,23,24,25)/b13-12-. The Morgan fingerprint density at radius 2 is 1.74 bits per heavy atom. The van der Waals surface area contributed by atoms with Crippen LogP contribution in [0.1, 0.15) is 6.92 Å². The van der Waals surface area contributed by atoms with Gasteiger partial charge in [-0.1, -0.05) is 0 Å². The van der Waals surface area contributed by atoms with E-state index in [1.807, 2.05) is 6.92 Å². The number of carbonyl (C=O) groups is 1. The third-order valence-electron chi connectivity index (χ3n) is 3.32. The molecule has 0 saturated carbocycles. The lowest BCUT2D eigenvalue weighted by molar-refractivity contribution is -0.112. The van der Waals surface area contributed by atoms with Gasteiger partial charge in [-0.3, -0.25) is 9.35 Å². The smallest absolute Gasteiger partial charge is 0.294 e. The molecule has 0 spiro atoms. The molecular weight excluding hydrogens is 370 g/mol. The van der Waals surface area contributed by atoms with Crippen molar-refractivity contribution in [3.8, 4) is 11.8 Å². The highest BCUT2D eigenvalue weighted by atomic mass is 32.2. The molecule has 0 aromatic heterocycles. The number of nitrogens with zero attached hydrogens (tertiary/aromatic N) is 1. The van der Waals surface area contributed by atoms with Gasteiger partial charge in [0.15, 0.2) is 0 Å². The summed E-state index contributed by atoms with van der Waals surface area (Å²) in [5.41, 5.74) is 0.758. The minimum absolute atomic E-state index is 0.178. The molecule has 0 aliphatic heterocycles. The van der Waals surface area contributed by atoms with Crippen LogP contribution >= 0.6 is 0 Å². The molecule has 27 heavy (non-hydrogen) atoms. The number of carbonyl (C=O) groups excluding carboxylic acids is 1. The third kappa shape index (κ3) is 5.85. The van der Waals surface area contributed by atoms with Gasteiger partial charge in [0.1, 0.15) is 17.4 Å². The number of amides is 1. The molecule has 3 N–H and O–H groups in total. The molecule has 0 atom stereocenters. The second-order valence-corrected chi connectivity index (χ2v) is 6.65. The predicted molar refractivity (Wildman–Crippen MR) is 99.8 cm³/mol. The van der Waals surface area contributed by atoms with Crippen molar-refractivity contribution in [1.29, 1.82) is 5.26 Å². The highest BCUT2D eigenvalue weighted by molar-refractivity contribution is 7.85. The maximum Gasteiger partial charge on any atom is 0.294 e. The Morgan fingerprint density at radius 3 is 2.26 bits per heavy atom. The van der Waals surface area contributed by atoms with Crippen LogP contribution in [0.2, 0.25) is 0 Å². The molecule has 8 nitrogen and oxygen atoms in total. The number of nitriles is 1. The average Bonchev–Trinajstić information content (AvgIpc) is 2.63. The Kier molecular flexibility index (Phi) is 6.54. The summed E-state index contributed by atoms with van der Waals surface area (Å²) >= 11 is 0. The molecule has 0 radical (unpaired) electrons. The summed E-state index contributed by atoms with van der Waals surface area (Å²) in [6.45, 7) is 2.43. The summed E-state index contributed by atoms with van der Waals surface area (Å²) < 4.78 is 36.3. The van der Waals surface area contributed by atoms with Crippen molar-refractivity contribution in [2.24, 2.45) is 0 Å². The van der Waals surface area contributed by atoms with Crippen LogP contribution < -0.4 is 15.4 Å². The van der Waals surface area contributed by atoms with Gasteiger partial charge >= 0.3 is 0 Å².